The number of carbonyl (C=O) groups is 2. The summed E-state index contributed by atoms with van der Waals surface area (Å²) in [4.78, 5) is 21.9. The largest absolute Gasteiger partial charge is 0.479 e. The second-order valence-electron chi connectivity index (χ2n) is 3.35. The second kappa shape index (κ2) is 3.55. The van der Waals surface area contributed by atoms with Crippen molar-refractivity contribution in [3.63, 3.8) is 0 Å². The van der Waals surface area contributed by atoms with E-state index in [9.17, 15) is 9.59 Å². The Morgan fingerprint density at radius 3 is 2.50 bits per heavy atom. The van der Waals surface area contributed by atoms with Crippen LogP contribution in [0.15, 0.2) is 0 Å². The van der Waals surface area contributed by atoms with Crippen LogP contribution in [-0.2, 0) is 23.8 Å². The Hall–Kier alpha value is -1.14. The summed E-state index contributed by atoms with van der Waals surface area (Å²) in [5, 5.41) is 8.71. The zero-order chi connectivity index (χ0) is 10.9. The van der Waals surface area contributed by atoms with Gasteiger partial charge in [-0.05, 0) is 0 Å². The fourth-order valence-electron chi connectivity index (χ4n) is 1.22. The second-order valence-corrected chi connectivity index (χ2v) is 3.35. The fourth-order valence-corrected chi connectivity index (χ4v) is 1.22. The van der Waals surface area contributed by atoms with Gasteiger partial charge in [-0.2, -0.15) is 0 Å². The van der Waals surface area contributed by atoms with Crippen molar-refractivity contribution in [2.45, 2.75) is 31.8 Å². The Morgan fingerprint density at radius 2 is 2.21 bits per heavy atom. The first-order valence-corrected chi connectivity index (χ1v) is 4.03. The molecule has 1 fully saturated rings. The lowest BCUT2D eigenvalue weighted by atomic mass is 10.2. The Labute approximate surface area is 80.7 Å². The molecule has 1 aliphatic rings. The molecule has 0 aromatic carbocycles. The summed E-state index contributed by atoms with van der Waals surface area (Å²) >= 11 is 0. The van der Waals surface area contributed by atoms with E-state index in [4.69, 9.17) is 14.6 Å². The Balaban J connectivity index is 2.78. The van der Waals surface area contributed by atoms with Gasteiger partial charge in [-0.15, -0.1) is 0 Å². The van der Waals surface area contributed by atoms with E-state index in [2.05, 4.69) is 4.74 Å². The van der Waals surface area contributed by atoms with Crippen molar-refractivity contribution in [2.75, 3.05) is 7.11 Å². The van der Waals surface area contributed by atoms with E-state index in [0.29, 0.717) is 0 Å². The highest BCUT2D eigenvalue weighted by molar-refractivity contribution is 5.85. The summed E-state index contributed by atoms with van der Waals surface area (Å²) in [6, 6.07) is 0. The van der Waals surface area contributed by atoms with Gasteiger partial charge < -0.3 is 19.3 Å². The van der Waals surface area contributed by atoms with Crippen molar-refractivity contribution >= 4 is 11.9 Å². The maximum absolute atomic E-state index is 11.2. The molecule has 0 aromatic rings. The van der Waals surface area contributed by atoms with E-state index in [1.807, 2.05) is 0 Å². The molecule has 14 heavy (non-hydrogen) atoms. The fraction of sp³-hybridized carbons (Fsp3) is 0.750. The zero-order valence-corrected chi connectivity index (χ0v) is 8.14. The molecule has 6 heteroatoms. The highest BCUT2D eigenvalue weighted by atomic mass is 16.8. The molecule has 1 saturated heterocycles. The molecule has 1 heterocycles. The minimum Gasteiger partial charge on any atom is -0.479 e. The number of cyclic esters (lactones) is 1. The van der Waals surface area contributed by atoms with Gasteiger partial charge in [-0.3, -0.25) is 0 Å². The van der Waals surface area contributed by atoms with Gasteiger partial charge in [0.2, 0.25) is 5.79 Å². The predicted octanol–water partition coefficient (Wildman–Crippen LogP) is -0.236. The predicted molar refractivity (Wildman–Crippen MR) is 43.5 cm³/mol. The zero-order valence-electron chi connectivity index (χ0n) is 8.14. The van der Waals surface area contributed by atoms with Crippen molar-refractivity contribution in [1.82, 2.24) is 0 Å². The van der Waals surface area contributed by atoms with E-state index in [1.165, 1.54) is 21.0 Å². The molecule has 0 aliphatic carbocycles. The number of carbonyl (C=O) groups excluding carboxylic acids is 1. The number of ether oxygens (including phenoxy) is 3. The number of rotatable bonds is 3. The van der Waals surface area contributed by atoms with Crippen LogP contribution >= 0.6 is 0 Å². The number of esters is 1. The van der Waals surface area contributed by atoms with Crippen LogP contribution in [0.4, 0.5) is 0 Å². The SMILES string of the molecule is CO[C@@H](C(=O)O)[C@H]1OC(C)(C)OC1=O. The smallest absolute Gasteiger partial charge is 0.341 e. The lowest BCUT2D eigenvalue weighted by molar-refractivity contribution is -0.171. The monoisotopic (exact) mass is 204 g/mol. The Morgan fingerprint density at radius 1 is 1.64 bits per heavy atom. The summed E-state index contributed by atoms with van der Waals surface area (Å²) in [5.41, 5.74) is 0. The molecule has 1 N–H and O–H groups in total. The minimum atomic E-state index is -1.33. The van der Waals surface area contributed by atoms with Gasteiger partial charge in [0, 0.05) is 21.0 Å². The molecule has 2 atom stereocenters. The first-order valence-electron chi connectivity index (χ1n) is 4.03. The normalized spacial score (nSPS) is 27.1. The third kappa shape index (κ3) is 2.02. The lowest BCUT2D eigenvalue weighted by Crippen LogP contribution is -2.40. The van der Waals surface area contributed by atoms with Gasteiger partial charge in [0.15, 0.2) is 12.2 Å². The third-order valence-electron chi connectivity index (χ3n) is 1.76. The third-order valence-corrected chi connectivity index (χ3v) is 1.76. The maximum Gasteiger partial charge on any atom is 0.341 e. The van der Waals surface area contributed by atoms with Gasteiger partial charge >= 0.3 is 11.9 Å². The standard InChI is InChI=1S/C8H12O6/c1-8(2)13-5(7(11)14-8)4(12-3)6(9)10/h4-5H,1-3H3,(H,9,10)/t4-,5-/m1/s1. The molecule has 0 spiro atoms. The van der Waals surface area contributed by atoms with E-state index < -0.39 is 29.9 Å². The summed E-state index contributed by atoms with van der Waals surface area (Å²) in [7, 11) is 1.20. The first kappa shape index (κ1) is 10.9. The summed E-state index contributed by atoms with van der Waals surface area (Å²) < 4.78 is 14.5. The lowest BCUT2D eigenvalue weighted by Gasteiger charge is -2.17. The summed E-state index contributed by atoms with van der Waals surface area (Å²) in [6.45, 7) is 3.05. The van der Waals surface area contributed by atoms with Crippen LogP contribution in [0.3, 0.4) is 0 Å². The van der Waals surface area contributed by atoms with Crippen molar-refractivity contribution < 1.29 is 28.9 Å². The van der Waals surface area contributed by atoms with Crippen LogP contribution in [0.2, 0.25) is 0 Å². The average Bonchev–Trinajstić information content (AvgIpc) is 2.26. The van der Waals surface area contributed by atoms with Gasteiger partial charge in [0.25, 0.3) is 0 Å². The van der Waals surface area contributed by atoms with E-state index in [0.717, 1.165) is 0 Å². The molecule has 0 amide bonds. The molecule has 0 unspecified atom stereocenters. The molecule has 6 nitrogen and oxygen atoms in total. The maximum atomic E-state index is 11.2. The molecule has 1 aliphatic heterocycles. The molecule has 1 rings (SSSR count). The molecule has 0 bridgehead atoms. The van der Waals surface area contributed by atoms with E-state index in [1.54, 1.807) is 0 Å². The molecular formula is C8H12O6. The highest BCUT2D eigenvalue weighted by Crippen LogP contribution is 2.26. The minimum absolute atomic E-state index is 0.718. The Kier molecular flexibility index (Phi) is 2.77. The number of aliphatic carboxylic acids is 1. The molecule has 0 aromatic heterocycles. The van der Waals surface area contributed by atoms with Gasteiger partial charge in [0.1, 0.15) is 0 Å². The number of hydrogen-bond donors (Lipinski definition) is 1. The van der Waals surface area contributed by atoms with E-state index >= 15 is 0 Å². The van der Waals surface area contributed by atoms with Crippen molar-refractivity contribution in [2.24, 2.45) is 0 Å². The van der Waals surface area contributed by atoms with Crippen LogP contribution in [0.1, 0.15) is 13.8 Å². The first-order chi connectivity index (χ1) is 6.37. The van der Waals surface area contributed by atoms with Crippen LogP contribution in [0.5, 0.6) is 0 Å². The topological polar surface area (TPSA) is 82.1 Å². The molecule has 0 saturated carbocycles. The number of hydrogen-bond acceptors (Lipinski definition) is 5. The summed E-state index contributed by atoms with van der Waals surface area (Å²) in [5.74, 6) is -3.06. The Bertz CT molecular complexity index is 259. The van der Waals surface area contributed by atoms with E-state index in [-0.39, 0.29) is 0 Å². The van der Waals surface area contributed by atoms with Crippen LogP contribution < -0.4 is 0 Å². The molecule has 0 radical (unpaired) electrons. The van der Waals surface area contributed by atoms with Crippen LogP contribution in [0.25, 0.3) is 0 Å². The highest BCUT2D eigenvalue weighted by Gasteiger charge is 2.48. The van der Waals surface area contributed by atoms with Crippen molar-refractivity contribution in [3.05, 3.63) is 0 Å². The van der Waals surface area contributed by atoms with Crippen LogP contribution in [-0.4, -0.2) is 42.1 Å². The average molecular weight is 204 g/mol. The van der Waals surface area contributed by atoms with Gasteiger partial charge in [-0.1, -0.05) is 0 Å². The van der Waals surface area contributed by atoms with Crippen LogP contribution in [0, 0.1) is 0 Å². The quantitative estimate of drug-likeness (QED) is 0.639. The van der Waals surface area contributed by atoms with Crippen molar-refractivity contribution in [1.29, 1.82) is 0 Å². The number of methoxy groups -OCH3 is 1. The molecular weight excluding hydrogens is 192 g/mol. The molecule has 80 valence electrons. The van der Waals surface area contributed by atoms with Crippen molar-refractivity contribution in [3.8, 4) is 0 Å². The van der Waals surface area contributed by atoms with Gasteiger partial charge in [0.05, 0.1) is 0 Å². The summed E-state index contributed by atoms with van der Waals surface area (Å²) in [6.07, 6.45) is -2.53. The number of carboxylic acids is 1. The van der Waals surface area contributed by atoms with Gasteiger partial charge in [-0.25, -0.2) is 9.59 Å². The number of carboxylic acid groups (broad SMARTS) is 1.